The van der Waals surface area contributed by atoms with Gasteiger partial charge < -0.3 is 15.2 Å². The van der Waals surface area contributed by atoms with E-state index >= 15 is 0 Å². The van der Waals surface area contributed by atoms with Gasteiger partial charge in [-0.2, -0.15) is 4.98 Å². The van der Waals surface area contributed by atoms with Crippen molar-refractivity contribution in [2.24, 2.45) is 0 Å². The molecule has 1 heterocycles. The van der Waals surface area contributed by atoms with Crippen molar-refractivity contribution in [3.63, 3.8) is 0 Å². The van der Waals surface area contributed by atoms with Crippen LogP contribution in [0.25, 0.3) is 0 Å². The number of aromatic nitrogens is 2. The molecular formula is C14H17ClN4O2. The Labute approximate surface area is 127 Å². The predicted molar refractivity (Wildman–Crippen MR) is 80.4 cm³/mol. The number of nitrogens with zero attached hydrogens (tertiary/aromatic N) is 2. The Bertz CT molecular complexity index is 627. The van der Waals surface area contributed by atoms with Gasteiger partial charge in [-0.25, -0.2) is 0 Å². The van der Waals surface area contributed by atoms with Crippen molar-refractivity contribution in [2.45, 2.75) is 26.8 Å². The Balaban J connectivity index is 2.08. The van der Waals surface area contributed by atoms with E-state index in [1.807, 2.05) is 0 Å². The molecule has 0 radical (unpaired) electrons. The second-order valence-corrected chi connectivity index (χ2v) is 4.97. The van der Waals surface area contributed by atoms with E-state index in [1.165, 1.54) is 0 Å². The molecule has 0 bridgehead atoms. The molecule has 1 aromatic heterocycles. The number of carbonyl (C=O) groups is 1. The van der Waals surface area contributed by atoms with Gasteiger partial charge in [-0.1, -0.05) is 23.7 Å². The fourth-order valence-corrected chi connectivity index (χ4v) is 1.96. The summed E-state index contributed by atoms with van der Waals surface area (Å²) >= 11 is 5.97. The SMILES string of the molecule is CCCNc1ccc(Cl)cc1C(=O)NCc1noc(C)n1. The summed E-state index contributed by atoms with van der Waals surface area (Å²) < 4.78 is 4.85. The number of aryl methyl sites for hydroxylation is 1. The second-order valence-electron chi connectivity index (χ2n) is 4.53. The van der Waals surface area contributed by atoms with Crippen LogP contribution in [0.5, 0.6) is 0 Å². The molecule has 21 heavy (non-hydrogen) atoms. The van der Waals surface area contributed by atoms with E-state index in [1.54, 1.807) is 25.1 Å². The molecule has 1 aromatic carbocycles. The summed E-state index contributed by atoms with van der Waals surface area (Å²) in [6.45, 7) is 4.74. The van der Waals surface area contributed by atoms with Crippen LogP contribution in [0.1, 0.15) is 35.4 Å². The summed E-state index contributed by atoms with van der Waals surface area (Å²) in [7, 11) is 0. The molecule has 0 atom stereocenters. The summed E-state index contributed by atoms with van der Waals surface area (Å²) in [6.07, 6.45) is 0.964. The molecule has 2 aromatic rings. The maximum absolute atomic E-state index is 12.3. The molecule has 0 fully saturated rings. The van der Waals surface area contributed by atoms with Crippen LogP contribution in [0, 0.1) is 6.92 Å². The average molecular weight is 309 g/mol. The van der Waals surface area contributed by atoms with E-state index < -0.39 is 0 Å². The summed E-state index contributed by atoms with van der Waals surface area (Å²) in [5, 5.41) is 10.2. The molecule has 7 heteroatoms. The quantitative estimate of drug-likeness (QED) is 0.857. The molecule has 112 valence electrons. The van der Waals surface area contributed by atoms with Gasteiger partial charge in [-0.15, -0.1) is 0 Å². The van der Waals surface area contributed by atoms with Gasteiger partial charge in [0.2, 0.25) is 5.89 Å². The first-order chi connectivity index (χ1) is 10.1. The standard InChI is InChI=1S/C14H17ClN4O2/c1-3-6-16-12-5-4-10(15)7-11(12)14(20)17-8-13-18-9(2)21-19-13/h4-5,7,16H,3,6,8H2,1-2H3,(H,17,20). The van der Waals surface area contributed by atoms with Gasteiger partial charge in [0.05, 0.1) is 12.1 Å². The van der Waals surface area contributed by atoms with Gasteiger partial charge in [0.25, 0.3) is 5.91 Å². The normalized spacial score (nSPS) is 10.4. The number of amides is 1. The van der Waals surface area contributed by atoms with Crippen LogP contribution in [0.15, 0.2) is 22.7 Å². The number of rotatable bonds is 6. The van der Waals surface area contributed by atoms with Gasteiger partial charge in [-0.3, -0.25) is 4.79 Å². The Morgan fingerprint density at radius 3 is 2.90 bits per heavy atom. The smallest absolute Gasteiger partial charge is 0.253 e. The summed E-state index contributed by atoms with van der Waals surface area (Å²) in [5.41, 5.74) is 1.25. The number of hydrogen-bond acceptors (Lipinski definition) is 5. The lowest BCUT2D eigenvalue weighted by Crippen LogP contribution is -2.24. The highest BCUT2D eigenvalue weighted by molar-refractivity contribution is 6.31. The van der Waals surface area contributed by atoms with E-state index in [2.05, 4.69) is 27.7 Å². The lowest BCUT2D eigenvalue weighted by atomic mass is 10.1. The first-order valence-electron chi connectivity index (χ1n) is 6.71. The zero-order valence-corrected chi connectivity index (χ0v) is 12.7. The molecule has 6 nitrogen and oxygen atoms in total. The lowest BCUT2D eigenvalue weighted by Gasteiger charge is -2.11. The van der Waals surface area contributed by atoms with Crippen molar-refractivity contribution < 1.29 is 9.32 Å². The number of halogens is 1. The van der Waals surface area contributed by atoms with Crippen molar-refractivity contribution in [1.82, 2.24) is 15.5 Å². The van der Waals surface area contributed by atoms with Crippen LogP contribution in [0.4, 0.5) is 5.69 Å². The van der Waals surface area contributed by atoms with Gasteiger partial charge in [-0.05, 0) is 24.6 Å². The van der Waals surface area contributed by atoms with Crippen LogP contribution >= 0.6 is 11.6 Å². The third kappa shape index (κ3) is 4.19. The van der Waals surface area contributed by atoms with Crippen molar-refractivity contribution in [1.29, 1.82) is 0 Å². The average Bonchev–Trinajstić information content (AvgIpc) is 2.89. The molecule has 0 unspecified atom stereocenters. The Morgan fingerprint density at radius 2 is 2.24 bits per heavy atom. The molecule has 0 spiro atoms. The van der Waals surface area contributed by atoms with Crippen molar-refractivity contribution in [3.05, 3.63) is 40.5 Å². The molecule has 0 saturated heterocycles. The minimum atomic E-state index is -0.237. The summed E-state index contributed by atoms with van der Waals surface area (Å²) in [5.74, 6) is 0.664. The van der Waals surface area contributed by atoms with Gasteiger partial charge in [0, 0.05) is 24.2 Å². The third-order valence-corrected chi connectivity index (χ3v) is 3.00. The highest BCUT2D eigenvalue weighted by atomic mass is 35.5. The van der Waals surface area contributed by atoms with Crippen LogP contribution in [-0.4, -0.2) is 22.6 Å². The fraction of sp³-hybridized carbons (Fsp3) is 0.357. The highest BCUT2D eigenvalue weighted by Crippen LogP contribution is 2.20. The molecule has 0 aliphatic rings. The largest absolute Gasteiger partial charge is 0.384 e. The molecule has 2 rings (SSSR count). The molecule has 0 saturated carbocycles. The molecule has 0 aliphatic heterocycles. The number of hydrogen-bond donors (Lipinski definition) is 2. The van der Waals surface area contributed by atoms with E-state index in [-0.39, 0.29) is 12.5 Å². The van der Waals surface area contributed by atoms with Crippen LogP contribution in [0.3, 0.4) is 0 Å². The zero-order chi connectivity index (χ0) is 15.2. The van der Waals surface area contributed by atoms with Crippen molar-refractivity contribution in [3.8, 4) is 0 Å². The summed E-state index contributed by atoms with van der Waals surface area (Å²) in [4.78, 5) is 16.3. The number of nitrogens with one attached hydrogen (secondary N) is 2. The van der Waals surface area contributed by atoms with E-state index in [9.17, 15) is 4.79 Å². The summed E-state index contributed by atoms with van der Waals surface area (Å²) in [6, 6.07) is 5.18. The fourth-order valence-electron chi connectivity index (χ4n) is 1.79. The van der Waals surface area contributed by atoms with Crippen molar-refractivity contribution >= 4 is 23.2 Å². The number of benzene rings is 1. The van der Waals surface area contributed by atoms with Gasteiger partial charge in [0.15, 0.2) is 5.82 Å². The van der Waals surface area contributed by atoms with E-state index in [0.717, 1.165) is 18.7 Å². The molecule has 0 aliphatic carbocycles. The third-order valence-electron chi connectivity index (χ3n) is 2.77. The minimum absolute atomic E-state index is 0.204. The number of carbonyl (C=O) groups excluding carboxylic acids is 1. The van der Waals surface area contributed by atoms with Crippen LogP contribution in [-0.2, 0) is 6.54 Å². The molecule has 1 amide bonds. The maximum Gasteiger partial charge on any atom is 0.253 e. The topological polar surface area (TPSA) is 80.0 Å². The highest BCUT2D eigenvalue weighted by Gasteiger charge is 2.13. The Morgan fingerprint density at radius 1 is 1.43 bits per heavy atom. The first-order valence-corrected chi connectivity index (χ1v) is 7.08. The second kappa shape index (κ2) is 7.08. The van der Waals surface area contributed by atoms with Gasteiger partial charge in [0.1, 0.15) is 0 Å². The Kier molecular flexibility index (Phi) is 5.16. The molecule has 2 N–H and O–H groups in total. The van der Waals surface area contributed by atoms with E-state index in [4.69, 9.17) is 16.1 Å². The first kappa shape index (κ1) is 15.3. The maximum atomic E-state index is 12.3. The van der Waals surface area contributed by atoms with E-state index in [0.29, 0.717) is 22.3 Å². The number of anilines is 1. The van der Waals surface area contributed by atoms with Crippen LogP contribution in [0.2, 0.25) is 5.02 Å². The minimum Gasteiger partial charge on any atom is -0.384 e. The van der Waals surface area contributed by atoms with Crippen molar-refractivity contribution in [2.75, 3.05) is 11.9 Å². The molecular weight excluding hydrogens is 292 g/mol. The lowest BCUT2D eigenvalue weighted by molar-refractivity contribution is 0.0950. The zero-order valence-electron chi connectivity index (χ0n) is 11.9. The van der Waals surface area contributed by atoms with Crippen LogP contribution < -0.4 is 10.6 Å². The van der Waals surface area contributed by atoms with Gasteiger partial charge >= 0.3 is 0 Å². The monoisotopic (exact) mass is 308 g/mol. The predicted octanol–water partition coefficient (Wildman–Crippen LogP) is 2.78. The Hall–Kier alpha value is -2.08.